The minimum absolute atomic E-state index is 0.382. The van der Waals surface area contributed by atoms with Gasteiger partial charge in [0.2, 0.25) is 5.75 Å². The maximum atomic E-state index is 11.2. The van der Waals surface area contributed by atoms with Crippen LogP contribution in [0.5, 0.6) is 17.2 Å². The van der Waals surface area contributed by atoms with E-state index in [1.165, 1.54) is 20.5 Å². The van der Waals surface area contributed by atoms with Crippen molar-refractivity contribution < 1.29 is 23.4 Å². The highest BCUT2D eigenvalue weighted by molar-refractivity contribution is 6.02. The Morgan fingerprint density at radius 3 is 2.48 bits per heavy atom. The average Bonchev–Trinajstić information content (AvgIpc) is 3.02. The van der Waals surface area contributed by atoms with Crippen LogP contribution in [0.4, 0.5) is 0 Å². The number of methoxy groups -OCH3 is 2. The van der Waals surface area contributed by atoms with E-state index in [9.17, 15) is 4.79 Å². The van der Waals surface area contributed by atoms with Crippen molar-refractivity contribution >= 4 is 17.3 Å². The fourth-order valence-electron chi connectivity index (χ4n) is 2.46. The molecule has 0 radical (unpaired) electrons. The summed E-state index contributed by atoms with van der Waals surface area (Å²) in [6.45, 7) is 0.382. The average molecular weight is 312 g/mol. The van der Waals surface area contributed by atoms with Crippen LogP contribution in [0.3, 0.4) is 0 Å². The topological polar surface area (TPSA) is 57.9 Å². The molecule has 0 saturated heterocycles. The highest BCUT2D eigenvalue weighted by atomic mass is 16.5. The number of hydrogen-bond donors (Lipinski definition) is 0. The molecule has 3 aromatic rings. The van der Waals surface area contributed by atoms with E-state index in [0.29, 0.717) is 40.4 Å². The number of carbonyl (C=O) groups is 1. The van der Waals surface area contributed by atoms with Gasteiger partial charge >= 0.3 is 0 Å². The first kappa shape index (κ1) is 15.0. The molecule has 0 unspecified atom stereocenters. The summed E-state index contributed by atoms with van der Waals surface area (Å²) in [5.74, 6) is 1.34. The zero-order chi connectivity index (χ0) is 16.2. The molecule has 0 saturated carbocycles. The maximum Gasteiger partial charge on any atom is 0.204 e. The fourth-order valence-corrected chi connectivity index (χ4v) is 2.46. The third-order valence-electron chi connectivity index (χ3n) is 3.54. The molecule has 0 amide bonds. The lowest BCUT2D eigenvalue weighted by atomic mass is 10.1. The molecular formula is C18H16O5. The SMILES string of the molecule is COc1c(OCc2ccccc2)cc2occ(C=O)c2c1OC. The monoisotopic (exact) mass is 312 g/mol. The van der Waals surface area contributed by atoms with Crippen LogP contribution < -0.4 is 14.2 Å². The molecule has 0 aliphatic rings. The van der Waals surface area contributed by atoms with Crippen molar-refractivity contribution in [2.75, 3.05) is 14.2 Å². The second kappa shape index (κ2) is 6.44. The van der Waals surface area contributed by atoms with E-state index in [1.807, 2.05) is 30.3 Å². The molecule has 0 N–H and O–H groups in total. The summed E-state index contributed by atoms with van der Waals surface area (Å²) >= 11 is 0. The van der Waals surface area contributed by atoms with E-state index in [2.05, 4.69) is 0 Å². The molecule has 0 fully saturated rings. The van der Waals surface area contributed by atoms with Gasteiger partial charge in [0.05, 0.1) is 25.2 Å². The van der Waals surface area contributed by atoms with Crippen molar-refractivity contribution in [3.05, 3.63) is 53.8 Å². The molecule has 0 spiro atoms. The Balaban J connectivity index is 2.04. The number of ether oxygens (including phenoxy) is 3. The van der Waals surface area contributed by atoms with Crippen LogP contribution in [0.1, 0.15) is 15.9 Å². The van der Waals surface area contributed by atoms with Gasteiger partial charge in [-0.3, -0.25) is 4.79 Å². The lowest BCUT2D eigenvalue weighted by Gasteiger charge is -2.14. The number of benzene rings is 2. The van der Waals surface area contributed by atoms with Gasteiger partial charge in [-0.15, -0.1) is 0 Å². The van der Waals surface area contributed by atoms with Gasteiger partial charge in [0.15, 0.2) is 17.8 Å². The molecule has 2 aromatic carbocycles. The lowest BCUT2D eigenvalue weighted by Crippen LogP contribution is -2.00. The van der Waals surface area contributed by atoms with E-state index in [-0.39, 0.29) is 0 Å². The molecule has 23 heavy (non-hydrogen) atoms. The Morgan fingerprint density at radius 1 is 1.09 bits per heavy atom. The number of hydrogen-bond acceptors (Lipinski definition) is 5. The smallest absolute Gasteiger partial charge is 0.204 e. The molecule has 3 rings (SSSR count). The first-order chi connectivity index (χ1) is 11.3. The Labute approximate surface area is 133 Å². The maximum absolute atomic E-state index is 11.2. The predicted molar refractivity (Wildman–Crippen MR) is 85.5 cm³/mol. The van der Waals surface area contributed by atoms with Crippen LogP contribution in [0, 0.1) is 0 Å². The molecule has 0 bridgehead atoms. The van der Waals surface area contributed by atoms with E-state index < -0.39 is 0 Å². The quantitative estimate of drug-likeness (QED) is 0.647. The molecule has 118 valence electrons. The number of furan rings is 1. The standard InChI is InChI=1S/C18H16O5/c1-20-17-15(22-10-12-6-4-3-5-7-12)8-14-16(18(17)21-2)13(9-19)11-23-14/h3-9,11H,10H2,1-2H3. The highest BCUT2D eigenvalue weighted by Gasteiger charge is 2.21. The first-order valence-electron chi connectivity index (χ1n) is 7.06. The molecule has 5 heteroatoms. The van der Waals surface area contributed by atoms with Gasteiger partial charge in [-0.25, -0.2) is 0 Å². The summed E-state index contributed by atoms with van der Waals surface area (Å²) in [5.41, 5.74) is 1.94. The van der Waals surface area contributed by atoms with Crippen molar-refractivity contribution in [2.24, 2.45) is 0 Å². The van der Waals surface area contributed by atoms with Crippen molar-refractivity contribution in [1.82, 2.24) is 0 Å². The second-order valence-corrected chi connectivity index (χ2v) is 4.90. The molecule has 5 nitrogen and oxygen atoms in total. The number of rotatable bonds is 6. The predicted octanol–water partition coefficient (Wildman–Crippen LogP) is 3.84. The van der Waals surface area contributed by atoms with E-state index in [0.717, 1.165) is 11.8 Å². The number of carbonyl (C=O) groups excluding carboxylic acids is 1. The summed E-state index contributed by atoms with van der Waals surface area (Å²) in [4.78, 5) is 11.2. The van der Waals surface area contributed by atoms with Crippen LogP contribution in [-0.4, -0.2) is 20.5 Å². The minimum Gasteiger partial charge on any atom is -0.492 e. The van der Waals surface area contributed by atoms with Crippen molar-refractivity contribution in [3.63, 3.8) is 0 Å². The second-order valence-electron chi connectivity index (χ2n) is 4.90. The summed E-state index contributed by atoms with van der Waals surface area (Å²) in [5, 5.41) is 0.575. The zero-order valence-electron chi connectivity index (χ0n) is 12.9. The Hall–Kier alpha value is -2.95. The summed E-state index contributed by atoms with van der Waals surface area (Å²) in [6.07, 6.45) is 2.11. The van der Waals surface area contributed by atoms with Gasteiger partial charge in [0.1, 0.15) is 18.5 Å². The highest BCUT2D eigenvalue weighted by Crippen LogP contribution is 2.45. The minimum atomic E-state index is 0.382. The van der Waals surface area contributed by atoms with E-state index in [1.54, 1.807) is 6.07 Å². The van der Waals surface area contributed by atoms with Gasteiger partial charge in [0, 0.05) is 6.07 Å². The molecular weight excluding hydrogens is 296 g/mol. The van der Waals surface area contributed by atoms with E-state index >= 15 is 0 Å². The van der Waals surface area contributed by atoms with Gasteiger partial charge in [-0.05, 0) is 5.56 Å². The van der Waals surface area contributed by atoms with Crippen molar-refractivity contribution in [2.45, 2.75) is 6.61 Å². The third kappa shape index (κ3) is 2.73. The van der Waals surface area contributed by atoms with Gasteiger partial charge in [-0.1, -0.05) is 30.3 Å². The van der Waals surface area contributed by atoms with Crippen LogP contribution in [-0.2, 0) is 6.61 Å². The molecule has 1 heterocycles. The Morgan fingerprint density at radius 2 is 1.83 bits per heavy atom. The first-order valence-corrected chi connectivity index (χ1v) is 7.06. The molecule has 0 aliphatic heterocycles. The largest absolute Gasteiger partial charge is 0.492 e. The van der Waals surface area contributed by atoms with Gasteiger partial charge < -0.3 is 18.6 Å². The molecule has 0 atom stereocenters. The normalized spacial score (nSPS) is 10.5. The van der Waals surface area contributed by atoms with Crippen LogP contribution in [0.2, 0.25) is 0 Å². The molecule has 1 aromatic heterocycles. The summed E-state index contributed by atoms with van der Waals surface area (Å²) < 4.78 is 22.1. The van der Waals surface area contributed by atoms with Crippen LogP contribution >= 0.6 is 0 Å². The third-order valence-corrected chi connectivity index (χ3v) is 3.54. The number of aldehydes is 1. The van der Waals surface area contributed by atoms with Crippen molar-refractivity contribution in [1.29, 1.82) is 0 Å². The van der Waals surface area contributed by atoms with Crippen molar-refractivity contribution in [3.8, 4) is 17.2 Å². The Kier molecular flexibility index (Phi) is 4.19. The molecule has 0 aliphatic carbocycles. The van der Waals surface area contributed by atoms with Crippen LogP contribution in [0.15, 0.2) is 47.1 Å². The zero-order valence-corrected chi connectivity index (χ0v) is 12.9. The Bertz CT molecular complexity index is 820. The van der Waals surface area contributed by atoms with E-state index in [4.69, 9.17) is 18.6 Å². The van der Waals surface area contributed by atoms with Gasteiger partial charge in [-0.2, -0.15) is 0 Å². The van der Waals surface area contributed by atoms with Gasteiger partial charge in [0.25, 0.3) is 0 Å². The summed E-state index contributed by atoms with van der Waals surface area (Å²) in [6, 6.07) is 11.5. The lowest BCUT2D eigenvalue weighted by molar-refractivity contribution is 0.112. The summed E-state index contributed by atoms with van der Waals surface area (Å²) in [7, 11) is 3.04. The number of fused-ring (bicyclic) bond motifs is 1. The fraction of sp³-hybridized carbons (Fsp3) is 0.167. The van der Waals surface area contributed by atoms with Crippen LogP contribution in [0.25, 0.3) is 11.0 Å².